The average Bonchev–Trinajstić information content (AvgIpc) is 2.43. The van der Waals surface area contributed by atoms with Crippen molar-refractivity contribution in [2.75, 3.05) is 0 Å². The molecule has 1 aliphatic rings. The Labute approximate surface area is 136 Å². The number of hydrogen-bond acceptors (Lipinski definition) is 1. The molecule has 0 aromatic heterocycles. The van der Waals surface area contributed by atoms with E-state index in [0.717, 1.165) is 5.57 Å². The highest BCUT2D eigenvalue weighted by Gasteiger charge is 2.26. The number of carbonyl (C=O) groups excluding carboxylic acids is 1. The van der Waals surface area contributed by atoms with Gasteiger partial charge < -0.3 is 0 Å². The zero-order valence-electron chi connectivity index (χ0n) is 14.7. The van der Waals surface area contributed by atoms with Crippen LogP contribution in [0.1, 0.15) is 60.3 Å². The lowest BCUT2D eigenvalue weighted by Gasteiger charge is -2.32. The Hall–Kier alpha value is -1.63. The normalized spacial score (nSPS) is 20.2. The maximum Gasteiger partial charge on any atom is 0.202 e. The minimum absolute atomic E-state index is 0.291. The summed E-state index contributed by atoms with van der Waals surface area (Å²) in [5.74, 6) is 0. The van der Waals surface area contributed by atoms with Gasteiger partial charge in [0.1, 0.15) is 0 Å². The number of hydrogen-bond donors (Lipinski definition) is 0. The average molecular weight is 297 g/mol. The molecule has 0 unspecified atom stereocenters. The van der Waals surface area contributed by atoms with Crippen LogP contribution in [0, 0.1) is 5.41 Å². The van der Waals surface area contributed by atoms with E-state index in [1.165, 1.54) is 36.0 Å². The first-order chi connectivity index (χ1) is 10.4. The van der Waals surface area contributed by atoms with Crippen molar-refractivity contribution in [1.29, 1.82) is 0 Å². The quantitative estimate of drug-likeness (QED) is 0.548. The van der Waals surface area contributed by atoms with E-state index in [1.807, 2.05) is 31.4 Å². The highest BCUT2D eigenvalue weighted by Crippen LogP contribution is 2.40. The summed E-state index contributed by atoms with van der Waals surface area (Å²) < 4.78 is 0. The summed E-state index contributed by atoms with van der Waals surface area (Å²) in [5, 5.41) is 0. The van der Waals surface area contributed by atoms with Crippen molar-refractivity contribution in [3.05, 3.63) is 58.7 Å². The van der Waals surface area contributed by atoms with E-state index in [-0.39, 0.29) is 0 Å². The third-order valence-corrected chi connectivity index (χ3v) is 4.28. The molecule has 1 rings (SSSR count). The van der Waals surface area contributed by atoms with Gasteiger partial charge in [-0.3, -0.25) is 4.79 Å². The zero-order chi connectivity index (χ0) is 16.6. The van der Waals surface area contributed by atoms with E-state index in [0.29, 0.717) is 11.8 Å². The minimum atomic E-state index is 0.291. The molecule has 1 radical (unpaired) electrons. The fourth-order valence-electron chi connectivity index (χ4n) is 2.90. The maximum absolute atomic E-state index is 10.2. The van der Waals surface area contributed by atoms with E-state index >= 15 is 0 Å². The molecular weight excluding hydrogens is 268 g/mol. The molecular formula is C21H29O. The van der Waals surface area contributed by atoms with Crippen LogP contribution in [0.3, 0.4) is 0 Å². The third-order valence-electron chi connectivity index (χ3n) is 4.28. The molecule has 1 heteroatoms. The van der Waals surface area contributed by atoms with Crippen LogP contribution in [-0.2, 0) is 4.79 Å². The van der Waals surface area contributed by atoms with Gasteiger partial charge in [0, 0.05) is 6.42 Å². The molecule has 0 aromatic carbocycles. The van der Waals surface area contributed by atoms with Crippen molar-refractivity contribution in [3.63, 3.8) is 0 Å². The second kappa shape index (κ2) is 8.73. The molecule has 0 spiro atoms. The number of rotatable bonds is 6. The highest BCUT2D eigenvalue weighted by atomic mass is 16.1. The summed E-state index contributed by atoms with van der Waals surface area (Å²) in [6.45, 7) is 11.0. The number of allylic oxidation sites excluding steroid dienone is 10. The second-order valence-corrected chi connectivity index (χ2v) is 6.83. The fourth-order valence-corrected chi connectivity index (χ4v) is 2.90. The first kappa shape index (κ1) is 18.4. The second-order valence-electron chi connectivity index (χ2n) is 6.83. The lowest BCUT2D eigenvalue weighted by atomic mass is 9.72. The first-order valence-corrected chi connectivity index (χ1v) is 8.12. The van der Waals surface area contributed by atoms with Crippen LogP contribution in [0.4, 0.5) is 0 Å². The lowest BCUT2D eigenvalue weighted by molar-refractivity contribution is 0.377. The summed E-state index contributed by atoms with van der Waals surface area (Å²) in [5.41, 5.74) is 5.63. The van der Waals surface area contributed by atoms with Crippen LogP contribution in [0.15, 0.2) is 58.7 Å². The van der Waals surface area contributed by atoms with E-state index in [1.54, 1.807) is 0 Å². The van der Waals surface area contributed by atoms with Crippen molar-refractivity contribution >= 4 is 6.29 Å². The van der Waals surface area contributed by atoms with Gasteiger partial charge in [-0.1, -0.05) is 67.0 Å². The molecule has 0 heterocycles. The van der Waals surface area contributed by atoms with Crippen molar-refractivity contribution in [3.8, 4) is 0 Å². The Morgan fingerprint density at radius 2 is 1.95 bits per heavy atom. The summed E-state index contributed by atoms with van der Waals surface area (Å²) in [7, 11) is 0. The van der Waals surface area contributed by atoms with Gasteiger partial charge in [0.15, 0.2) is 0 Å². The SMILES string of the molecule is CC(C=CC1=C(C)CCCC1(C)C)=CC=CC(C)=CC[C]=O. The van der Waals surface area contributed by atoms with Crippen LogP contribution in [0.25, 0.3) is 0 Å². The monoisotopic (exact) mass is 297 g/mol. The van der Waals surface area contributed by atoms with Gasteiger partial charge in [0.25, 0.3) is 0 Å². The topological polar surface area (TPSA) is 17.1 Å². The lowest BCUT2D eigenvalue weighted by Crippen LogP contribution is -2.19. The molecule has 0 aromatic rings. The molecule has 0 saturated heterocycles. The third kappa shape index (κ3) is 6.01. The van der Waals surface area contributed by atoms with Crippen molar-refractivity contribution in [2.45, 2.75) is 60.3 Å². The molecule has 0 N–H and O–H groups in total. The largest absolute Gasteiger partial charge is 0.291 e. The van der Waals surface area contributed by atoms with E-state index in [2.05, 4.69) is 45.9 Å². The van der Waals surface area contributed by atoms with Crippen LogP contribution < -0.4 is 0 Å². The van der Waals surface area contributed by atoms with Crippen LogP contribution in [0.2, 0.25) is 0 Å². The molecule has 22 heavy (non-hydrogen) atoms. The molecule has 0 saturated carbocycles. The smallest absolute Gasteiger partial charge is 0.202 e. The van der Waals surface area contributed by atoms with Crippen molar-refractivity contribution < 1.29 is 4.79 Å². The molecule has 1 aliphatic carbocycles. The van der Waals surface area contributed by atoms with Crippen LogP contribution in [0.5, 0.6) is 0 Å². The molecule has 1 nitrogen and oxygen atoms in total. The van der Waals surface area contributed by atoms with Gasteiger partial charge in [0.2, 0.25) is 6.29 Å². The molecule has 0 bridgehead atoms. The van der Waals surface area contributed by atoms with E-state index in [4.69, 9.17) is 0 Å². The van der Waals surface area contributed by atoms with Crippen LogP contribution in [-0.4, -0.2) is 6.29 Å². The summed E-state index contributed by atoms with van der Waals surface area (Å²) in [6.07, 6.45) is 18.6. The summed E-state index contributed by atoms with van der Waals surface area (Å²) >= 11 is 0. The molecule has 119 valence electrons. The molecule has 0 aliphatic heterocycles. The maximum atomic E-state index is 10.2. The predicted molar refractivity (Wildman–Crippen MR) is 96.4 cm³/mol. The van der Waals surface area contributed by atoms with Gasteiger partial charge >= 0.3 is 0 Å². The highest BCUT2D eigenvalue weighted by molar-refractivity contribution is 5.53. The molecule has 0 amide bonds. The standard InChI is InChI=1S/C21H29O/c1-17(11-8-16-22)9-6-10-18(2)13-14-20-19(3)12-7-15-21(20,4)5/h6,9-11,13-14H,7-8,12,15H2,1-5H3. The van der Waals surface area contributed by atoms with Gasteiger partial charge in [-0.05, 0) is 51.0 Å². The zero-order valence-corrected chi connectivity index (χ0v) is 14.7. The van der Waals surface area contributed by atoms with Gasteiger partial charge in [0.05, 0.1) is 0 Å². The van der Waals surface area contributed by atoms with E-state index < -0.39 is 0 Å². The first-order valence-electron chi connectivity index (χ1n) is 8.12. The summed E-state index contributed by atoms with van der Waals surface area (Å²) in [6, 6.07) is 0. The van der Waals surface area contributed by atoms with Gasteiger partial charge in [-0.15, -0.1) is 0 Å². The Kier molecular flexibility index (Phi) is 7.31. The molecule has 0 atom stereocenters. The fraction of sp³-hybridized carbons (Fsp3) is 0.476. The molecule has 0 fully saturated rings. The Morgan fingerprint density at radius 1 is 1.23 bits per heavy atom. The van der Waals surface area contributed by atoms with Crippen molar-refractivity contribution in [2.24, 2.45) is 5.41 Å². The van der Waals surface area contributed by atoms with Crippen molar-refractivity contribution in [1.82, 2.24) is 0 Å². The Bertz CT molecular complexity index is 536. The Morgan fingerprint density at radius 3 is 2.59 bits per heavy atom. The van der Waals surface area contributed by atoms with E-state index in [9.17, 15) is 4.79 Å². The van der Waals surface area contributed by atoms with Gasteiger partial charge in [-0.25, -0.2) is 0 Å². The Balaban J connectivity index is 2.75. The predicted octanol–water partition coefficient (Wildman–Crippen LogP) is 6.02. The minimum Gasteiger partial charge on any atom is -0.291 e. The van der Waals surface area contributed by atoms with Crippen LogP contribution >= 0.6 is 0 Å². The van der Waals surface area contributed by atoms with Gasteiger partial charge in [-0.2, -0.15) is 0 Å². The summed E-state index contributed by atoms with van der Waals surface area (Å²) in [4.78, 5) is 10.2.